The molecule has 0 aromatic carbocycles. The second kappa shape index (κ2) is 5.42. The summed E-state index contributed by atoms with van der Waals surface area (Å²) in [5.74, 6) is 0.637. The first-order valence-corrected chi connectivity index (χ1v) is 8.50. The van der Waals surface area contributed by atoms with Crippen molar-refractivity contribution in [2.75, 3.05) is 0 Å². The summed E-state index contributed by atoms with van der Waals surface area (Å²) >= 11 is 5.10. The maximum atomic E-state index is 12.5. The molecule has 112 valence electrons. The van der Waals surface area contributed by atoms with Crippen molar-refractivity contribution in [1.29, 1.82) is 0 Å². The smallest absolute Gasteiger partial charge is 0.260 e. The highest BCUT2D eigenvalue weighted by molar-refractivity contribution is 7.89. The van der Waals surface area contributed by atoms with Crippen molar-refractivity contribution >= 4 is 27.2 Å². The van der Waals surface area contributed by atoms with Gasteiger partial charge in [0.05, 0.1) is 10.5 Å². The maximum Gasteiger partial charge on any atom is 0.260 e. The molecule has 0 aliphatic heterocycles. The summed E-state index contributed by atoms with van der Waals surface area (Å²) in [5, 5.41) is 0.0127. The molecular formula is C12H20N4O2S2. The molecule has 0 unspecified atom stereocenters. The van der Waals surface area contributed by atoms with Gasteiger partial charge in [-0.25, -0.2) is 13.4 Å². The second-order valence-corrected chi connectivity index (χ2v) is 7.42. The van der Waals surface area contributed by atoms with Crippen LogP contribution >= 0.6 is 12.2 Å². The van der Waals surface area contributed by atoms with Gasteiger partial charge in [0, 0.05) is 13.2 Å². The molecule has 2 rings (SSSR count). The Morgan fingerprint density at radius 1 is 1.45 bits per heavy atom. The zero-order valence-electron chi connectivity index (χ0n) is 11.7. The van der Waals surface area contributed by atoms with Crippen molar-refractivity contribution in [2.24, 2.45) is 12.8 Å². The Hall–Kier alpha value is -0.990. The number of thiocarbonyl (C=S) groups is 1. The lowest BCUT2D eigenvalue weighted by Crippen LogP contribution is -2.57. The lowest BCUT2D eigenvalue weighted by Gasteiger charge is -2.36. The standard InChI is InChI=1S/C12H20N4O2S2/c1-9-14-10(8-16(9)2)20(17,18)15-12(11(13)19)6-4-3-5-7-12/h8,15H,3-7H2,1-2H3,(H2,13,19). The van der Waals surface area contributed by atoms with Crippen LogP contribution in [0.1, 0.15) is 37.9 Å². The zero-order valence-corrected chi connectivity index (χ0v) is 13.4. The quantitative estimate of drug-likeness (QED) is 0.809. The molecule has 20 heavy (non-hydrogen) atoms. The summed E-state index contributed by atoms with van der Waals surface area (Å²) in [6.45, 7) is 1.75. The Balaban J connectivity index is 2.32. The van der Waals surface area contributed by atoms with E-state index < -0.39 is 15.6 Å². The molecule has 0 radical (unpaired) electrons. The van der Waals surface area contributed by atoms with Gasteiger partial charge in [0.15, 0.2) is 5.03 Å². The lowest BCUT2D eigenvalue weighted by atomic mass is 9.82. The highest BCUT2D eigenvalue weighted by Gasteiger charge is 2.39. The Bertz CT molecular complexity index is 596. The van der Waals surface area contributed by atoms with Gasteiger partial charge in [0.1, 0.15) is 5.82 Å². The molecule has 0 atom stereocenters. The van der Waals surface area contributed by atoms with Crippen LogP contribution in [0.2, 0.25) is 0 Å². The van der Waals surface area contributed by atoms with Crippen molar-refractivity contribution in [1.82, 2.24) is 14.3 Å². The molecule has 1 aromatic heterocycles. The number of imidazole rings is 1. The fourth-order valence-electron chi connectivity index (χ4n) is 2.52. The number of nitrogens with zero attached hydrogens (tertiary/aromatic N) is 2. The van der Waals surface area contributed by atoms with Gasteiger partial charge in [-0.05, 0) is 19.8 Å². The average Bonchev–Trinajstić information content (AvgIpc) is 2.71. The van der Waals surface area contributed by atoms with E-state index in [1.165, 1.54) is 6.20 Å². The molecule has 0 saturated heterocycles. The van der Waals surface area contributed by atoms with E-state index in [0.717, 1.165) is 19.3 Å². The molecule has 0 bridgehead atoms. The van der Waals surface area contributed by atoms with Crippen LogP contribution in [-0.4, -0.2) is 28.5 Å². The molecule has 1 saturated carbocycles. The number of hydrogen-bond donors (Lipinski definition) is 2. The topological polar surface area (TPSA) is 90.0 Å². The first-order valence-electron chi connectivity index (χ1n) is 6.61. The molecule has 6 nitrogen and oxygen atoms in total. The Morgan fingerprint density at radius 3 is 2.50 bits per heavy atom. The molecule has 0 spiro atoms. The molecule has 8 heteroatoms. The van der Waals surface area contributed by atoms with Gasteiger partial charge < -0.3 is 10.3 Å². The number of aromatic nitrogens is 2. The third-order valence-electron chi connectivity index (χ3n) is 3.87. The van der Waals surface area contributed by atoms with E-state index in [4.69, 9.17) is 18.0 Å². The van der Waals surface area contributed by atoms with Crippen LogP contribution < -0.4 is 10.5 Å². The van der Waals surface area contributed by atoms with Crippen molar-refractivity contribution in [2.45, 2.75) is 49.6 Å². The average molecular weight is 316 g/mol. The fraction of sp³-hybridized carbons (Fsp3) is 0.667. The van der Waals surface area contributed by atoms with Gasteiger partial charge in [-0.3, -0.25) is 0 Å². The van der Waals surface area contributed by atoms with Crippen LogP contribution in [0.4, 0.5) is 0 Å². The highest BCUT2D eigenvalue weighted by Crippen LogP contribution is 2.30. The van der Waals surface area contributed by atoms with E-state index in [-0.39, 0.29) is 10.0 Å². The van der Waals surface area contributed by atoms with Gasteiger partial charge >= 0.3 is 0 Å². The van der Waals surface area contributed by atoms with Crippen LogP contribution in [0.15, 0.2) is 11.2 Å². The Kier molecular flexibility index (Phi) is 4.17. The molecule has 1 fully saturated rings. The molecule has 0 amide bonds. The number of sulfonamides is 1. The zero-order chi connectivity index (χ0) is 15.0. The number of aryl methyl sites for hydroxylation is 2. The number of hydrogen-bond acceptors (Lipinski definition) is 4. The predicted octanol–water partition coefficient (Wildman–Crippen LogP) is 0.996. The summed E-state index contributed by atoms with van der Waals surface area (Å²) in [4.78, 5) is 4.28. The maximum absolute atomic E-state index is 12.5. The highest BCUT2D eigenvalue weighted by atomic mass is 32.2. The summed E-state index contributed by atoms with van der Waals surface area (Å²) in [7, 11) is -1.96. The number of nitrogens with two attached hydrogens (primary N) is 1. The van der Waals surface area contributed by atoms with Crippen LogP contribution in [0.5, 0.6) is 0 Å². The van der Waals surface area contributed by atoms with Gasteiger partial charge in [-0.2, -0.15) is 4.72 Å². The summed E-state index contributed by atoms with van der Waals surface area (Å²) in [5.41, 5.74) is 4.99. The number of rotatable bonds is 4. The van der Waals surface area contributed by atoms with Crippen LogP contribution in [0.3, 0.4) is 0 Å². The third kappa shape index (κ3) is 2.87. The van der Waals surface area contributed by atoms with E-state index >= 15 is 0 Å². The van der Waals surface area contributed by atoms with Gasteiger partial charge in [0.25, 0.3) is 10.0 Å². The van der Waals surface area contributed by atoms with E-state index in [1.807, 2.05) is 0 Å². The molecule has 1 aromatic rings. The van der Waals surface area contributed by atoms with E-state index in [0.29, 0.717) is 18.7 Å². The van der Waals surface area contributed by atoms with Gasteiger partial charge in [-0.1, -0.05) is 31.5 Å². The third-order valence-corrected chi connectivity index (χ3v) is 5.67. The predicted molar refractivity (Wildman–Crippen MR) is 80.9 cm³/mol. The van der Waals surface area contributed by atoms with E-state index in [1.54, 1.807) is 18.5 Å². The Labute approximate surface area is 124 Å². The summed E-state index contributed by atoms with van der Waals surface area (Å²) in [6, 6.07) is 0. The van der Waals surface area contributed by atoms with Gasteiger partial charge in [0.2, 0.25) is 0 Å². The van der Waals surface area contributed by atoms with Crippen molar-refractivity contribution < 1.29 is 8.42 Å². The first kappa shape index (κ1) is 15.4. The largest absolute Gasteiger partial charge is 0.392 e. The molecular weight excluding hydrogens is 296 g/mol. The SMILES string of the molecule is Cc1nc(S(=O)(=O)NC2(C(N)=S)CCCCC2)cn1C. The molecule has 1 aliphatic rings. The second-order valence-electron chi connectivity index (χ2n) is 5.35. The lowest BCUT2D eigenvalue weighted by molar-refractivity contribution is 0.353. The minimum atomic E-state index is -3.71. The Morgan fingerprint density at radius 2 is 2.05 bits per heavy atom. The molecule has 3 N–H and O–H groups in total. The van der Waals surface area contributed by atoms with Crippen LogP contribution in [-0.2, 0) is 17.1 Å². The van der Waals surface area contributed by atoms with Crippen LogP contribution in [0, 0.1) is 6.92 Å². The van der Waals surface area contributed by atoms with Crippen molar-refractivity contribution in [3.63, 3.8) is 0 Å². The van der Waals surface area contributed by atoms with Gasteiger partial charge in [-0.15, -0.1) is 0 Å². The minimum absolute atomic E-state index is 0.0127. The number of nitrogens with one attached hydrogen (secondary N) is 1. The van der Waals surface area contributed by atoms with Crippen molar-refractivity contribution in [3.8, 4) is 0 Å². The summed E-state index contributed by atoms with van der Waals surface area (Å²) < 4.78 is 29.3. The fourth-order valence-corrected chi connectivity index (χ4v) is 4.32. The molecule has 1 aliphatic carbocycles. The normalized spacial score (nSPS) is 18.9. The van der Waals surface area contributed by atoms with Crippen LogP contribution in [0.25, 0.3) is 0 Å². The van der Waals surface area contributed by atoms with Crippen molar-refractivity contribution in [3.05, 3.63) is 12.0 Å². The minimum Gasteiger partial charge on any atom is -0.392 e. The van der Waals surface area contributed by atoms with E-state index in [2.05, 4.69) is 9.71 Å². The van der Waals surface area contributed by atoms with E-state index in [9.17, 15) is 8.42 Å². The monoisotopic (exact) mass is 316 g/mol. The summed E-state index contributed by atoms with van der Waals surface area (Å²) in [6.07, 6.45) is 5.70. The first-order chi connectivity index (χ1) is 9.27. The molecule has 1 heterocycles.